The molecule has 0 heterocycles. The lowest BCUT2D eigenvalue weighted by Gasteiger charge is -2.18. The fourth-order valence-corrected chi connectivity index (χ4v) is 8.79. The van der Waals surface area contributed by atoms with Crippen LogP contribution in [0.15, 0.2) is 0 Å². The largest absolute Gasteiger partial charge is 0.462 e. The lowest BCUT2D eigenvalue weighted by atomic mass is 9.99. The third kappa shape index (κ3) is 49.8. The summed E-state index contributed by atoms with van der Waals surface area (Å²) in [5, 5.41) is 0. The van der Waals surface area contributed by atoms with Crippen molar-refractivity contribution >= 4 is 17.9 Å². The highest BCUT2D eigenvalue weighted by molar-refractivity contribution is 5.71. The third-order valence-electron chi connectivity index (χ3n) is 13.5. The van der Waals surface area contributed by atoms with Gasteiger partial charge in [0.05, 0.1) is 0 Å². The van der Waals surface area contributed by atoms with E-state index < -0.39 is 6.10 Å². The zero-order chi connectivity index (χ0) is 47.0. The molecule has 6 nitrogen and oxygen atoms in total. The SMILES string of the molecule is CCC(C)CCCCCCCCCCC(=O)OC[C@@H](COC(=O)CCCCCCCCCCCCCCCCCC(C)C)OC(=O)CCCCCCCCCCCCCCCC(C)C. The van der Waals surface area contributed by atoms with Gasteiger partial charge in [0.25, 0.3) is 0 Å². The van der Waals surface area contributed by atoms with Crippen molar-refractivity contribution in [3.05, 3.63) is 0 Å². The van der Waals surface area contributed by atoms with Crippen LogP contribution in [-0.4, -0.2) is 37.2 Å². The van der Waals surface area contributed by atoms with Crippen molar-refractivity contribution in [3.63, 3.8) is 0 Å². The smallest absolute Gasteiger partial charge is 0.306 e. The zero-order valence-corrected chi connectivity index (χ0v) is 44.1. The van der Waals surface area contributed by atoms with Gasteiger partial charge in [-0.3, -0.25) is 14.4 Å². The summed E-state index contributed by atoms with van der Waals surface area (Å²) >= 11 is 0. The molecule has 0 aromatic heterocycles. The highest BCUT2D eigenvalue weighted by atomic mass is 16.6. The quantitative estimate of drug-likeness (QED) is 0.0344. The molecule has 64 heavy (non-hydrogen) atoms. The van der Waals surface area contributed by atoms with Crippen molar-refractivity contribution in [2.45, 2.75) is 324 Å². The van der Waals surface area contributed by atoms with Crippen LogP contribution in [0, 0.1) is 17.8 Å². The van der Waals surface area contributed by atoms with Gasteiger partial charge in [-0.05, 0) is 37.0 Å². The van der Waals surface area contributed by atoms with E-state index in [2.05, 4.69) is 41.5 Å². The van der Waals surface area contributed by atoms with Crippen LogP contribution in [0.25, 0.3) is 0 Å². The average molecular weight is 906 g/mol. The second-order valence-corrected chi connectivity index (χ2v) is 21.1. The molecule has 0 saturated heterocycles. The van der Waals surface area contributed by atoms with Gasteiger partial charge in [0.15, 0.2) is 6.10 Å². The van der Waals surface area contributed by atoms with Crippen molar-refractivity contribution in [2.24, 2.45) is 17.8 Å². The first kappa shape index (κ1) is 62.4. The van der Waals surface area contributed by atoms with E-state index in [0.717, 1.165) is 75.5 Å². The van der Waals surface area contributed by atoms with Crippen molar-refractivity contribution in [3.8, 4) is 0 Å². The van der Waals surface area contributed by atoms with E-state index in [1.807, 2.05) is 0 Å². The highest BCUT2D eigenvalue weighted by Crippen LogP contribution is 2.19. The molecule has 2 atom stereocenters. The van der Waals surface area contributed by atoms with Crippen molar-refractivity contribution in [2.75, 3.05) is 13.2 Å². The molecule has 0 aliphatic heterocycles. The second-order valence-electron chi connectivity index (χ2n) is 21.1. The number of ether oxygens (including phenoxy) is 3. The van der Waals surface area contributed by atoms with Crippen LogP contribution in [0.3, 0.4) is 0 Å². The monoisotopic (exact) mass is 905 g/mol. The Bertz CT molecular complexity index is 993. The number of unbranched alkanes of at least 4 members (excludes halogenated alkanes) is 33. The molecular weight excluding hydrogens is 793 g/mol. The van der Waals surface area contributed by atoms with Crippen LogP contribution < -0.4 is 0 Å². The molecule has 0 aromatic carbocycles. The maximum Gasteiger partial charge on any atom is 0.306 e. The van der Waals surface area contributed by atoms with E-state index in [0.29, 0.717) is 19.3 Å². The van der Waals surface area contributed by atoms with Crippen LogP contribution in [0.4, 0.5) is 0 Å². The van der Waals surface area contributed by atoms with Gasteiger partial charge in [-0.25, -0.2) is 0 Å². The van der Waals surface area contributed by atoms with E-state index in [9.17, 15) is 14.4 Å². The average Bonchev–Trinajstić information content (AvgIpc) is 3.27. The van der Waals surface area contributed by atoms with Gasteiger partial charge in [0.1, 0.15) is 13.2 Å². The maximum absolute atomic E-state index is 12.8. The minimum absolute atomic E-state index is 0.0638. The van der Waals surface area contributed by atoms with Crippen LogP contribution in [0.1, 0.15) is 318 Å². The molecule has 1 unspecified atom stereocenters. The standard InChI is InChI=1S/C58H112O6/c1-7-54(6)46-40-34-28-24-25-30-36-42-48-57(60)63-51-55(64-58(61)49-43-37-31-23-19-15-11-13-17-21-27-33-39-45-53(4)5)50-62-56(59)47-41-35-29-22-18-14-10-8-9-12-16-20-26-32-38-44-52(2)3/h52-55H,7-51H2,1-6H3/t54?,55-/m1/s1. The first-order valence-electron chi connectivity index (χ1n) is 28.6. The van der Waals surface area contributed by atoms with E-state index in [-0.39, 0.29) is 31.1 Å². The molecule has 0 aliphatic carbocycles. The van der Waals surface area contributed by atoms with Gasteiger partial charge < -0.3 is 14.2 Å². The number of carbonyl (C=O) groups excluding carboxylic acids is 3. The molecule has 0 N–H and O–H groups in total. The Morgan fingerprint density at radius 3 is 0.812 bits per heavy atom. The summed E-state index contributed by atoms with van der Waals surface area (Å²) in [4.78, 5) is 38.1. The number of carbonyl (C=O) groups is 3. The highest BCUT2D eigenvalue weighted by Gasteiger charge is 2.19. The Morgan fingerprint density at radius 1 is 0.312 bits per heavy atom. The van der Waals surface area contributed by atoms with Crippen LogP contribution in [-0.2, 0) is 28.6 Å². The lowest BCUT2D eigenvalue weighted by Crippen LogP contribution is -2.30. The van der Waals surface area contributed by atoms with Crippen molar-refractivity contribution in [1.82, 2.24) is 0 Å². The Kier molecular flexibility index (Phi) is 48.1. The zero-order valence-electron chi connectivity index (χ0n) is 44.1. The Morgan fingerprint density at radius 2 is 0.547 bits per heavy atom. The fourth-order valence-electron chi connectivity index (χ4n) is 8.79. The van der Waals surface area contributed by atoms with Gasteiger partial charge in [-0.1, -0.05) is 279 Å². The predicted molar refractivity (Wildman–Crippen MR) is 275 cm³/mol. The van der Waals surface area contributed by atoms with Gasteiger partial charge in [-0.2, -0.15) is 0 Å². The second kappa shape index (κ2) is 49.3. The first-order chi connectivity index (χ1) is 31.1. The summed E-state index contributed by atoms with van der Waals surface area (Å²) in [6, 6.07) is 0. The van der Waals surface area contributed by atoms with Crippen LogP contribution in [0.2, 0.25) is 0 Å². The molecule has 0 amide bonds. The van der Waals surface area contributed by atoms with Crippen molar-refractivity contribution in [1.29, 1.82) is 0 Å². The Balaban J connectivity index is 4.29. The van der Waals surface area contributed by atoms with Crippen LogP contribution >= 0.6 is 0 Å². The third-order valence-corrected chi connectivity index (χ3v) is 13.5. The molecule has 0 aromatic rings. The Hall–Kier alpha value is -1.59. The molecular formula is C58H112O6. The molecule has 0 aliphatic rings. The minimum atomic E-state index is -0.764. The maximum atomic E-state index is 12.8. The number of rotatable bonds is 51. The first-order valence-corrected chi connectivity index (χ1v) is 28.6. The van der Waals surface area contributed by atoms with Gasteiger partial charge in [0.2, 0.25) is 0 Å². The van der Waals surface area contributed by atoms with E-state index in [1.54, 1.807) is 0 Å². The van der Waals surface area contributed by atoms with Gasteiger partial charge >= 0.3 is 17.9 Å². The molecule has 0 spiro atoms. The molecule has 0 bridgehead atoms. The minimum Gasteiger partial charge on any atom is -0.462 e. The molecule has 6 heteroatoms. The van der Waals surface area contributed by atoms with Gasteiger partial charge in [0, 0.05) is 19.3 Å². The summed E-state index contributed by atoms with van der Waals surface area (Å²) in [6.45, 7) is 13.8. The molecule has 0 fully saturated rings. The van der Waals surface area contributed by atoms with E-state index in [4.69, 9.17) is 14.2 Å². The molecule has 380 valence electrons. The molecule has 0 saturated carbocycles. The normalized spacial score (nSPS) is 12.6. The summed E-state index contributed by atoms with van der Waals surface area (Å²) < 4.78 is 16.9. The van der Waals surface area contributed by atoms with Crippen molar-refractivity contribution < 1.29 is 28.6 Å². The van der Waals surface area contributed by atoms with E-state index >= 15 is 0 Å². The fraction of sp³-hybridized carbons (Fsp3) is 0.948. The number of esters is 3. The molecule has 0 radical (unpaired) electrons. The topological polar surface area (TPSA) is 78.9 Å². The summed E-state index contributed by atoms with van der Waals surface area (Å²) in [7, 11) is 0. The van der Waals surface area contributed by atoms with E-state index in [1.165, 1.54) is 199 Å². The summed E-state index contributed by atoms with van der Waals surface area (Å²) in [6.07, 6.45) is 50.9. The lowest BCUT2D eigenvalue weighted by molar-refractivity contribution is -0.167. The Labute approximate surface area is 399 Å². The summed E-state index contributed by atoms with van der Waals surface area (Å²) in [5.74, 6) is 1.69. The predicted octanol–water partition coefficient (Wildman–Crippen LogP) is 18.7. The van der Waals surface area contributed by atoms with Crippen LogP contribution in [0.5, 0.6) is 0 Å². The van der Waals surface area contributed by atoms with Gasteiger partial charge in [-0.15, -0.1) is 0 Å². The summed E-state index contributed by atoms with van der Waals surface area (Å²) in [5.41, 5.74) is 0. The number of hydrogen-bond donors (Lipinski definition) is 0. The molecule has 0 rings (SSSR count). The number of hydrogen-bond acceptors (Lipinski definition) is 6.